The first-order valence-corrected chi connectivity index (χ1v) is 8.74. The minimum Gasteiger partial charge on any atom is -0.455 e. The molecule has 0 fully saturated rings. The summed E-state index contributed by atoms with van der Waals surface area (Å²) in [4.78, 5) is 23.1. The summed E-state index contributed by atoms with van der Waals surface area (Å²) in [6, 6.07) is 6.51. The number of hydrogen-bond acceptors (Lipinski definition) is 6. The zero-order valence-corrected chi connectivity index (χ0v) is 15.6. The van der Waals surface area contributed by atoms with Gasteiger partial charge in [0.15, 0.2) is 5.96 Å². The number of likely N-dealkylation sites (N-methyl/N-ethyl adjacent to an activating group) is 1. The normalized spacial score (nSPS) is 23.3. The monoisotopic (exact) mass is 391 g/mol. The quantitative estimate of drug-likeness (QED) is 0.816. The van der Waals surface area contributed by atoms with E-state index in [1.807, 2.05) is 0 Å². The van der Waals surface area contributed by atoms with Crippen molar-refractivity contribution >= 4 is 11.9 Å². The summed E-state index contributed by atoms with van der Waals surface area (Å²) in [7, 11) is 1.54. The lowest BCUT2D eigenvalue weighted by Crippen LogP contribution is -2.44. The molecule has 146 valence electrons. The minimum atomic E-state index is -1.48. The van der Waals surface area contributed by atoms with E-state index >= 15 is 0 Å². The molecule has 1 atom stereocenters. The van der Waals surface area contributed by atoms with Gasteiger partial charge in [0, 0.05) is 36.1 Å². The molecule has 2 aliphatic rings. The zero-order valence-electron chi connectivity index (χ0n) is 15.6. The Balaban J connectivity index is 2.03. The largest absolute Gasteiger partial charge is 0.455 e. The van der Waals surface area contributed by atoms with Crippen LogP contribution in [0.1, 0.15) is 5.56 Å². The smallest absolute Gasteiger partial charge is 0.266 e. The lowest BCUT2D eigenvalue weighted by atomic mass is 9.78. The maximum Gasteiger partial charge on any atom is 0.266 e. The highest BCUT2D eigenvalue weighted by Gasteiger charge is 2.55. The van der Waals surface area contributed by atoms with E-state index in [2.05, 4.69) is 16.6 Å². The molecular formula is C21H18FN5O2. The van der Waals surface area contributed by atoms with Gasteiger partial charge >= 0.3 is 0 Å². The SMILES string of the molecule is C=C/C=C1\C(=C/N)Oc2ccc(-c3cncc(F)c3)cc2C12N=C(N)N(C)C2=O. The first-order chi connectivity index (χ1) is 13.9. The van der Waals surface area contributed by atoms with Gasteiger partial charge < -0.3 is 16.2 Å². The number of aliphatic imine (C=N–C) groups is 1. The molecule has 0 bridgehead atoms. The number of hydrogen-bond donors (Lipinski definition) is 2. The number of fused-ring (bicyclic) bond motifs is 2. The number of halogens is 1. The first kappa shape index (κ1) is 18.4. The standard InChI is InChI=1S/C21H18FN5O2/c1-3-4-15-18(9-23)29-17-6-5-12(13-7-14(22)11-25-10-13)8-16(17)21(15)19(28)27(2)20(24)26-21/h3-11H,1,23H2,2H3,(H2,24,26)/b15-4+,18-9+. The molecule has 0 aliphatic carbocycles. The molecule has 29 heavy (non-hydrogen) atoms. The molecule has 2 aromatic rings. The highest BCUT2D eigenvalue weighted by atomic mass is 19.1. The van der Waals surface area contributed by atoms with Crippen LogP contribution in [0.3, 0.4) is 0 Å². The Morgan fingerprint density at radius 1 is 1.28 bits per heavy atom. The number of amides is 1. The van der Waals surface area contributed by atoms with E-state index in [1.165, 1.54) is 29.4 Å². The fourth-order valence-electron chi connectivity index (χ4n) is 3.58. The predicted molar refractivity (Wildman–Crippen MR) is 107 cm³/mol. The lowest BCUT2D eigenvalue weighted by molar-refractivity contribution is -0.129. The second-order valence-corrected chi connectivity index (χ2v) is 6.60. The third-order valence-electron chi connectivity index (χ3n) is 4.96. The molecule has 1 amide bonds. The van der Waals surface area contributed by atoms with Crippen molar-refractivity contribution in [2.45, 2.75) is 5.54 Å². The zero-order chi connectivity index (χ0) is 20.8. The van der Waals surface area contributed by atoms with Crippen LogP contribution in [-0.4, -0.2) is 28.8 Å². The third kappa shape index (κ3) is 2.60. The maximum atomic E-state index is 13.7. The van der Waals surface area contributed by atoms with E-state index < -0.39 is 11.4 Å². The average molecular weight is 391 g/mol. The Bertz CT molecular complexity index is 1140. The van der Waals surface area contributed by atoms with Crippen LogP contribution in [0.2, 0.25) is 0 Å². The summed E-state index contributed by atoms with van der Waals surface area (Å²) >= 11 is 0. The van der Waals surface area contributed by atoms with Crippen molar-refractivity contribution in [3.63, 3.8) is 0 Å². The molecule has 0 saturated heterocycles. The molecule has 4 rings (SSSR count). The average Bonchev–Trinajstić information content (AvgIpc) is 2.94. The number of aromatic nitrogens is 1. The van der Waals surface area contributed by atoms with Crippen molar-refractivity contribution in [2.75, 3.05) is 7.05 Å². The summed E-state index contributed by atoms with van der Waals surface area (Å²) in [6.45, 7) is 3.72. The summed E-state index contributed by atoms with van der Waals surface area (Å²) < 4.78 is 19.6. The second kappa shape index (κ2) is 6.59. The second-order valence-electron chi connectivity index (χ2n) is 6.60. The molecule has 8 heteroatoms. The Hall–Kier alpha value is -3.94. The molecule has 1 aromatic heterocycles. The maximum absolute atomic E-state index is 13.7. The molecule has 4 N–H and O–H groups in total. The van der Waals surface area contributed by atoms with Crippen molar-refractivity contribution in [1.29, 1.82) is 0 Å². The number of rotatable bonds is 2. The van der Waals surface area contributed by atoms with Crippen molar-refractivity contribution < 1.29 is 13.9 Å². The van der Waals surface area contributed by atoms with Crippen LogP contribution >= 0.6 is 0 Å². The molecule has 0 saturated carbocycles. The van der Waals surface area contributed by atoms with Gasteiger partial charge in [0.2, 0.25) is 5.54 Å². The Kier molecular flexibility index (Phi) is 4.19. The Morgan fingerprint density at radius 3 is 2.69 bits per heavy atom. The van der Waals surface area contributed by atoms with E-state index in [4.69, 9.17) is 16.2 Å². The summed E-state index contributed by atoms with van der Waals surface area (Å²) in [5.41, 5.74) is 12.4. The van der Waals surface area contributed by atoms with Crippen LogP contribution in [0.5, 0.6) is 5.75 Å². The summed E-state index contributed by atoms with van der Waals surface area (Å²) in [5, 5.41) is 0. The van der Waals surface area contributed by atoms with Gasteiger partial charge in [-0.05, 0) is 23.8 Å². The van der Waals surface area contributed by atoms with Gasteiger partial charge in [0.05, 0.1) is 6.20 Å². The van der Waals surface area contributed by atoms with Gasteiger partial charge in [-0.25, -0.2) is 9.38 Å². The van der Waals surface area contributed by atoms with Crippen LogP contribution in [0.15, 0.2) is 77.9 Å². The summed E-state index contributed by atoms with van der Waals surface area (Å²) in [6.07, 6.45) is 7.06. The topological polar surface area (TPSA) is 107 Å². The van der Waals surface area contributed by atoms with Crippen LogP contribution in [0.25, 0.3) is 11.1 Å². The Morgan fingerprint density at radius 2 is 2.07 bits per heavy atom. The molecule has 1 spiro atoms. The molecular weight excluding hydrogens is 373 g/mol. The van der Waals surface area contributed by atoms with E-state index in [9.17, 15) is 9.18 Å². The van der Waals surface area contributed by atoms with Gasteiger partial charge in [-0.15, -0.1) is 0 Å². The van der Waals surface area contributed by atoms with Gasteiger partial charge in [0.25, 0.3) is 5.91 Å². The van der Waals surface area contributed by atoms with Crippen LogP contribution in [0.4, 0.5) is 4.39 Å². The third-order valence-corrected chi connectivity index (χ3v) is 4.96. The number of carbonyl (C=O) groups is 1. The van der Waals surface area contributed by atoms with Crippen molar-refractivity contribution in [1.82, 2.24) is 9.88 Å². The van der Waals surface area contributed by atoms with Gasteiger partial charge in [-0.3, -0.25) is 14.7 Å². The van der Waals surface area contributed by atoms with Gasteiger partial charge in [0.1, 0.15) is 17.3 Å². The molecule has 0 radical (unpaired) electrons. The first-order valence-electron chi connectivity index (χ1n) is 8.74. The summed E-state index contributed by atoms with van der Waals surface area (Å²) in [5.74, 6) is -0.0896. The molecule has 3 heterocycles. The number of carbonyl (C=O) groups excluding carboxylic acids is 1. The fraction of sp³-hybridized carbons (Fsp3) is 0.0952. The number of nitrogens with zero attached hydrogens (tertiary/aromatic N) is 3. The van der Waals surface area contributed by atoms with Crippen LogP contribution in [-0.2, 0) is 10.3 Å². The highest BCUT2D eigenvalue weighted by molar-refractivity contribution is 6.10. The van der Waals surface area contributed by atoms with Crippen molar-refractivity contribution in [2.24, 2.45) is 16.5 Å². The molecule has 1 aromatic carbocycles. The number of pyridine rings is 1. The van der Waals surface area contributed by atoms with Crippen LogP contribution < -0.4 is 16.2 Å². The number of benzene rings is 1. The number of guanidine groups is 1. The van der Waals surface area contributed by atoms with E-state index in [0.29, 0.717) is 28.0 Å². The minimum absolute atomic E-state index is 0.0620. The number of nitrogens with two attached hydrogens (primary N) is 2. The fourth-order valence-corrected chi connectivity index (χ4v) is 3.58. The van der Waals surface area contributed by atoms with E-state index in [1.54, 1.807) is 31.3 Å². The van der Waals surface area contributed by atoms with Crippen molar-refractivity contribution in [3.8, 4) is 16.9 Å². The van der Waals surface area contributed by atoms with Gasteiger partial charge in [-0.2, -0.15) is 0 Å². The lowest BCUT2D eigenvalue weighted by Gasteiger charge is -2.35. The number of ether oxygens (including phenoxy) is 1. The van der Waals surface area contributed by atoms with E-state index in [0.717, 1.165) is 6.20 Å². The predicted octanol–water partition coefficient (Wildman–Crippen LogP) is 2.17. The van der Waals surface area contributed by atoms with Crippen LogP contribution in [0, 0.1) is 5.82 Å². The molecule has 2 aliphatic heterocycles. The van der Waals surface area contributed by atoms with Crippen molar-refractivity contribution in [3.05, 3.63) is 84.3 Å². The molecule has 7 nitrogen and oxygen atoms in total. The molecule has 1 unspecified atom stereocenters. The van der Waals surface area contributed by atoms with E-state index in [-0.39, 0.29) is 17.6 Å². The van der Waals surface area contributed by atoms with Gasteiger partial charge in [-0.1, -0.05) is 24.8 Å². The highest BCUT2D eigenvalue weighted by Crippen LogP contribution is 2.51. The Labute approximate surface area is 166 Å². The number of allylic oxidation sites excluding steroid dienone is 2.